The Morgan fingerprint density at radius 1 is 1.11 bits per heavy atom. The predicted molar refractivity (Wildman–Crippen MR) is 102 cm³/mol. The third-order valence-electron chi connectivity index (χ3n) is 4.02. The van der Waals surface area contributed by atoms with Crippen LogP contribution in [-0.2, 0) is 19.3 Å². The number of para-hydroxylation sites is 1. The van der Waals surface area contributed by atoms with E-state index < -0.39 is 11.7 Å². The minimum Gasteiger partial charge on any atom is -0.493 e. The molecule has 0 aliphatic carbocycles. The van der Waals surface area contributed by atoms with Crippen LogP contribution in [0.1, 0.15) is 30.5 Å². The van der Waals surface area contributed by atoms with Crippen molar-refractivity contribution in [3.63, 3.8) is 0 Å². The summed E-state index contributed by atoms with van der Waals surface area (Å²) in [4.78, 5) is 13.7. The van der Waals surface area contributed by atoms with E-state index in [0.717, 1.165) is 23.4 Å². The zero-order valence-corrected chi connectivity index (χ0v) is 16.2. The lowest BCUT2D eigenvalue weighted by Gasteiger charge is -2.19. The highest BCUT2D eigenvalue weighted by Crippen LogP contribution is 2.29. The van der Waals surface area contributed by atoms with Crippen LogP contribution < -0.4 is 10.1 Å². The molecule has 1 N–H and O–H groups in total. The summed E-state index contributed by atoms with van der Waals surface area (Å²) in [7, 11) is 1.59. The van der Waals surface area contributed by atoms with Crippen molar-refractivity contribution in [3.8, 4) is 5.75 Å². The van der Waals surface area contributed by atoms with E-state index in [4.69, 9.17) is 4.74 Å². The molecule has 0 fully saturated rings. The number of ether oxygens (including phenoxy) is 1. The van der Waals surface area contributed by atoms with Crippen LogP contribution in [0.5, 0.6) is 5.75 Å². The van der Waals surface area contributed by atoms with Gasteiger partial charge < -0.3 is 15.0 Å². The zero-order chi connectivity index (χ0) is 20.7. The number of amides is 2. The number of nitrogens with one attached hydrogen (secondary N) is 1. The first-order valence-electron chi connectivity index (χ1n) is 9.02. The van der Waals surface area contributed by atoms with E-state index >= 15 is 0 Å². The molecule has 0 bridgehead atoms. The third-order valence-corrected chi connectivity index (χ3v) is 4.02. The van der Waals surface area contributed by atoms with Gasteiger partial charge in [-0.05, 0) is 29.7 Å². The van der Waals surface area contributed by atoms with E-state index in [1.54, 1.807) is 7.05 Å². The Labute approximate surface area is 163 Å². The molecule has 0 saturated heterocycles. The minimum atomic E-state index is -4.37. The summed E-state index contributed by atoms with van der Waals surface area (Å²) < 4.78 is 43.6. The second-order valence-corrected chi connectivity index (χ2v) is 7.02. The molecule has 0 unspecified atom stereocenters. The monoisotopic (exact) mass is 394 g/mol. The predicted octanol–water partition coefficient (Wildman–Crippen LogP) is 5.08. The Morgan fingerprint density at radius 2 is 1.75 bits per heavy atom. The van der Waals surface area contributed by atoms with Crippen LogP contribution in [0.15, 0.2) is 48.5 Å². The lowest BCUT2D eigenvalue weighted by Crippen LogP contribution is -2.36. The van der Waals surface area contributed by atoms with Gasteiger partial charge in [-0.2, -0.15) is 13.2 Å². The summed E-state index contributed by atoms with van der Waals surface area (Å²) >= 11 is 0. The number of hydrogen-bond donors (Lipinski definition) is 1. The molecule has 2 aromatic rings. The van der Waals surface area contributed by atoms with Gasteiger partial charge in [-0.3, -0.25) is 0 Å². The van der Waals surface area contributed by atoms with E-state index in [0.29, 0.717) is 24.6 Å². The largest absolute Gasteiger partial charge is 0.493 e. The smallest absolute Gasteiger partial charge is 0.416 e. The van der Waals surface area contributed by atoms with E-state index in [1.165, 1.54) is 17.0 Å². The summed E-state index contributed by atoms with van der Waals surface area (Å²) in [5.74, 6) is 1.11. The number of urea groups is 1. The van der Waals surface area contributed by atoms with Crippen LogP contribution in [0.4, 0.5) is 18.0 Å². The van der Waals surface area contributed by atoms with Gasteiger partial charge in [0.05, 0.1) is 12.2 Å². The molecular weight excluding hydrogens is 369 g/mol. The number of alkyl halides is 3. The Bertz CT molecular complexity index is 774. The van der Waals surface area contributed by atoms with Crippen molar-refractivity contribution in [3.05, 3.63) is 65.2 Å². The summed E-state index contributed by atoms with van der Waals surface area (Å²) in [6, 6.07) is 11.9. The molecule has 2 rings (SSSR count). The van der Waals surface area contributed by atoms with Crippen molar-refractivity contribution in [2.45, 2.75) is 33.1 Å². The molecule has 0 aliphatic rings. The zero-order valence-electron chi connectivity index (χ0n) is 16.2. The van der Waals surface area contributed by atoms with Crippen molar-refractivity contribution in [2.75, 3.05) is 13.7 Å². The first-order valence-corrected chi connectivity index (χ1v) is 9.02. The van der Waals surface area contributed by atoms with E-state index in [-0.39, 0.29) is 12.6 Å². The highest BCUT2D eigenvalue weighted by atomic mass is 19.4. The number of carbonyl (C=O) groups excluding carboxylic acids is 1. The number of benzene rings is 2. The molecule has 2 aromatic carbocycles. The molecule has 0 heterocycles. The fraction of sp³-hybridized carbons (Fsp3) is 0.381. The van der Waals surface area contributed by atoms with Crippen LogP contribution in [0, 0.1) is 5.92 Å². The Kier molecular flexibility index (Phi) is 7.31. The molecule has 7 heteroatoms. The SMILES string of the molecule is CC(C)COc1ccccc1CNC(=O)N(C)Cc1ccc(C(F)(F)F)cc1. The van der Waals surface area contributed by atoms with Crippen molar-refractivity contribution in [1.82, 2.24) is 10.2 Å². The van der Waals surface area contributed by atoms with Crippen LogP contribution in [0.25, 0.3) is 0 Å². The van der Waals surface area contributed by atoms with Crippen molar-refractivity contribution < 1.29 is 22.7 Å². The van der Waals surface area contributed by atoms with Gasteiger partial charge in [0.15, 0.2) is 0 Å². The molecule has 28 heavy (non-hydrogen) atoms. The maximum atomic E-state index is 12.6. The van der Waals surface area contributed by atoms with E-state index in [1.807, 2.05) is 24.3 Å². The maximum Gasteiger partial charge on any atom is 0.416 e. The molecule has 4 nitrogen and oxygen atoms in total. The summed E-state index contributed by atoms with van der Waals surface area (Å²) in [5.41, 5.74) is 0.770. The molecule has 152 valence electrons. The summed E-state index contributed by atoms with van der Waals surface area (Å²) in [5, 5.41) is 2.81. The van der Waals surface area contributed by atoms with Gasteiger partial charge in [0.25, 0.3) is 0 Å². The fourth-order valence-corrected chi connectivity index (χ4v) is 2.50. The highest BCUT2D eigenvalue weighted by Gasteiger charge is 2.29. The first kappa shape index (κ1) is 21.6. The van der Waals surface area contributed by atoms with Gasteiger partial charge >= 0.3 is 12.2 Å². The molecule has 0 atom stereocenters. The van der Waals surface area contributed by atoms with Crippen molar-refractivity contribution >= 4 is 6.03 Å². The number of halogens is 3. The standard InChI is InChI=1S/C21H25F3N2O2/c1-15(2)14-28-19-7-5-4-6-17(19)12-25-20(27)26(3)13-16-8-10-18(11-9-16)21(22,23)24/h4-11,15H,12-14H2,1-3H3,(H,25,27). The second kappa shape index (κ2) is 9.48. The molecular formula is C21H25F3N2O2. The average molecular weight is 394 g/mol. The quantitative estimate of drug-likeness (QED) is 0.711. The van der Waals surface area contributed by atoms with E-state index in [2.05, 4.69) is 19.2 Å². The molecule has 0 saturated carbocycles. The molecule has 0 radical (unpaired) electrons. The lowest BCUT2D eigenvalue weighted by atomic mass is 10.1. The van der Waals surface area contributed by atoms with Crippen LogP contribution in [0.3, 0.4) is 0 Å². The van der Waals surface area contributed by atoms with Gasteiger partial charge in [-0.25, -0.2) is 4.79 Å². The normalized spacial score (nSPS) is 11.4. The molecule has 0 spiro atoms. The minimum absolute atomic E-state index is 0.204. The number of carbonyl (C=O) groups is 1. The summed E-state index contributed by atoms with van der Waals surface area (Å²) in [6.07, 6.45) is -4.37. The highest BCUT2D eigenvalue weighted by molar-refractivity contribution is 5.74. The Hall–Kier alpha value is -2.70. The number of hydrogen-bond acceptors (Lipinski definition) is 2. The Balaban J connectivity index is 1.91. The first-order chi connectivity index (χ1) is 13.2. The van der Waals surface area contributed by atoms with Gasteiger partial charge in [0.1, 0.15) is 5.75 Å². The van der Waals surface area contributed by atoms with Crippen LogP contribution in [0.2, 0.25) is 0 Å². The van der Waals surface area contributed by atoms with Gasteiger partial charge in [-0.15, -0.1) is 0 Å². The lowest BCUT2D eigenvalue weighted by molar-refractivity contribution is -0.137. The van der Waals surface area contributed by atoms with Gasteiger partial charge in [0, 0.05) is 25.7 Å². The van der Waals surface area contributed by atoms with Crippen molar-refractivity contribution in [2.24, 2.45) is 5.92 Å². The molecule has 0 aromatic heterocycles. The van der Waals surface area contributed by atoms with Gasteiger partial charge in [-0.1, -0.05) is 44.2 Å². The molecule has 2 amide bonds. The number of nitrogens with zero attached hydrogens (tertiary/aromatic N) is 1. The maximum absolute atomic E-state index is 12.6. The van der Waals surface area contributed by atoms with Crippen molar-refractivity contribution in [1.29, 1.82) is 0 Å². The third kappa shape index (κ3) is 6.48. The molecule has 0 aliphatic heterocycles. The Morgan fingerprint density at radius 3 is 2.36 bits per heavy atom. The van der Waals surface area contributed by atoms with Crippen LogP contribution in [-0.4, -0.2) is 24.6 Å². The topological polar surface area (TPSA) is 41.6 Å². The van der Waals surface area contributed by atoms with E-state index in [9.17, 15) is 18.0 Å². The second-order valence-electron chi connectivity index (χ2n) is 7.02. The fourth-order valence-electron chi connectivity index (χ4n) is 2.50. The average Bonchev–Trinajstić information content (AvgIpc) is 2.64. The van der Waals surface area contributed by atoms with Crippen LogP contribution >= 0.6 is 0 Å². The summed E-state index contributed by atoms with van der Waals surface area (Å²) in [6.45, 7) is 5.19. The van der Waals surface area contributed by atoms with Gasteiger partial charge in [0.2, 0.25) is 0 Å². The number of rotatable bonds is 7.